The molecule has 0 aliphatic heterocycles. The molecular formula is C26H26ClF3N2O3S. The molecule has 10 heteroatoms. The number of rotatable bonds is 7. The summed E-state index contributed by atoms with van der Waals surface area (Å²) in [7, 11) is -4.39. The van der Waals surface area contributed by atoms with Crippen molar-refractivity contribution in [1.82, 2.24) is 5.32 Å². The van der Waals surface area contributed by atoms with Crippen molar-refractivity contribution in [2.75, 3.05) is 10.8 Å². The van der Waals surface area contributed by atoms with E-state index >= 15 is 0 Å². The predicted molar refractivity (Wildman–Crippen MR) is 135 cm³/mol. The van der Waals surface area contributed by atoms with Crippen LogP contribution in [-0.4, -0.2) is 20.9 Å². The van der Waals surface area contributed by atoms with Crippen LogP contribution >= 0.6 is 11.6 Å². The van der Waals surface area contributed by atoms with Gasteiger partial charge in [0.05, 0.1) is 27.2 Å². The van der Waals surface area contributed by atoms with Gasteiger partial charge in [0.1, 0.15) is 6.54 Å². The largest absolute Gasteiger partial charge is 0.417 e. The van der Waals surface area contributed by atoms with Crippen molar-refractivity contribution in [3.05, 3.63) is 93.5 Å². The molecule has 0 heterocycles. The number of nitrogens with one attached hydrogen (secondary N) is 1. The molecule has 36 heavy (non-hydrogen) atoms. The van der Waals surface area contributed by atoms with Gasteiger partial charge in [-0.25, -0.2) is 8.42 Å². The minimum absolute atomic E-state index is 0.161. The number of anilines is 1. The molecule has 0 spiro atoms. The third-order valence-corrected chi connectivity index (χ3v) is 7.97. The van der Waals surface area contributed by atoms with Crippen LogP contribution in [0, 0.1) is 20.8 Å². The van der Waals surface area contributed by atoms with Gasteiger partial charge in [0.15, 0.2) is 0 Å². The minimum Gasteiger partial charge on any atom is -0.348 e. The number of hydrogen-bond acceptors (Lipinski definition) is 3. The van der Waals surface area contributed by atoms with Crippen LogP contribution in [0.1, 0.15) is 40.8 Å². The summed E-state index contributed by atoms with van der Waals surface area (Å²) in [6.45, 7) is 6.67. The summed E-state index contributed by atoms with van der Waals surface area (Å²) in [6.07, 6.45) is -4.81. The van der Waals surface area contributed by atoms with Crippen molar-refractivity contribution in [3.8, 4) is 0 Å². The second-order valence-corrected chi connectivity index (χ2v) is 10.9. The zero-order chi connectivity index (χ0) is 26.8. The van der Waals surface area contributed by atoms with Crippen LogP contribution in [-0.2, 0) is 21.0 Å². The molecule has 5 nitrogen and oxygen atoms in total. The molecule has 0 radical (unpaired) electrons. The fourth-order valence-electron chi connectivity index (χ4n) is 3.57. The summed E-state index contributed by atoms with van der Waals surface area (Å²) in [5, 5.41) is 2.16. The van der Waals surface area contributed by atoms with Gasteiger partial charge in [-0.2, -0.15) is 13.2 Å². The van der Waals surface area contributed by atoms with Crippen LogP contribution in [0.4, 0.5) is 18.9 Å². The first-order valence-corrected chi connectivity index (χ1v) is 12.8. The molecule has 0 aliphatic rings. The summed E-state index contributed by atoms with van der Waals surface area (Å²) in [5.41, 5.74) is 2.18. The van der Waals surface area contributed by atoms with Gasteiger partial charge in [0, 0.05) is 0 Å². The predicted octanol–water partition coefficient (Wildman–Crippen LogP) is 6.36. The highest BCUT2D eigenvalue weighted by molar-refractivity contribution is 7.92. The quantitative estimate of drug-likeness (QED) is 0.381. The van der Waals surface area contributed by atoms with E-state index in [1.165, 1.54) is 12.1 Å². The van der Waals surface area contributed by atoms with E-state index in [9.17, 15) is 26.4 Å². The Balaban J connectivity index is 1.99. The first kappa shape index (κ1) is 27.5. The number of halogens is 4. The molecule has 0 bridgehead atoms. The number of aryl methyl sites for hydroxylation is 3. The lowest BCUT2D eigenvalue weighted by Gasteiger charge is -2.26. The Morgan fingerprint density at radius 3 is 2.19 bits per heavy atom. The number of hydrogen-bond donors (Lipinski definition) is 1. The van der Waals surface area contributed by atoms with E-state index in [1.54, 1.807) is 26.0 Å². The van der Waals surface area contributed by atoms with Gasteiger partial charge in [-0.3, -0.25) is 9.10 Å². The molecular weight excluding hydrogens is 513 g/mol. The molecule has 192 valence electrons. The van der Waals surface area contributed by atoms with Gasteiger partial charge >= 0.3 is 6.18 Å². The summed E-state index contributed by atoms with van der Waals surface area (Å²) < 4.78 is 68.2. The Hall–Kier alpha value is -3.04. The van der Waals surface area contributed by atoms with Crippen molar-refractivity contribution in [2.24, 2.45) is 0 Å². The standard InChI is InChI=1S/C26H26ClF3N2O3S/c1-16-5-10-22(11-6-16)36(34,35)32(21-9-12-24(27)23(14-21)26(28,29)30)15-25(33)31-19(4)20-8-7-17(2)18(3)13-20/h5-14,19H,15H2,1-4H3,(H,31,33). The molecule has 3 aromatic carbocycles. The smallest absolute Gasteiger partial charge is 0.348 e. The Kier molecular flexibility index (Phi) is 8.05. The van der Waals surface area contributed by atoms with Crippen LogP contribution in [0.25, 0.3) is 0 Å². The molecule has 1 amide bonds. The maximum Gasteiger partial charge on any atom is 0.417 e. The molecule has 0 saturated carbocycles. The number of sulfonamides is 1. The maximum atomic E-state index is 13.5. The molecule has 0 aliphatic carbocycles. The second-order valence-electron chi connectivity index (χ2n) is 8.62. The Labute approximate surface area is 213 Å². The normalized spacial score (nSPS) is 12.8. The minimum atomic E-state index is -4.81. The lowest BCUT2D eigenvalue weighted by molar-refractivity contribution is -0.137. The summed E-state index contributed by atoms with van der Waals surface area (Å²) in [4.78, 5) is 12.8. The van der Waals surface area contributed by atoms with Gasteiger partial charge in [0.25, 0.3) is 10.0 Å². The van der Waals surface area contributed by atoms with Gasteiger partial charge in [-0.1, -0.05) is 47.5 Å². The van der Waals surface area contributed by atoms with Crippen molar-refractivity contribution in [3.63, 3.8) is 0 Å². The van der Waals surface area contributed by atoms with Crippen molar-refractivity contribution in [1.29, 1.82) is 0 Å². The highest BCUT2D eigenvalue weighted by atomic mass is 35.5. The third kappa shape index (κ3) is 6.20. The molecule has 3 aromatic rings. The average Bonchev–Trinajstić information content (AvgIpc) is 2.79. The molecule has 0 fully saturated rings. The van der Waals surface area contributed by atoms with E-state index in [4.69, 9.17) is 11.6 Å². The van der Waals surface area contributed by atoms with E-state index in [-0.39, 0.29) is 10.6 Å². The van der Waals surface area contributed by atoms with Crippen molar-refractivity contribution in [2.45, 2.75) is 44.8 Å². The van der Waals surface area contributed by atoms with Crippen molar-refractivity contribution >= 4 is 33.2 Å². The summed E-state index contributed by atoms with van der Waals surface area (Å²) in [5.74, 6) is -0.681. The third-order valence-electron chi connectivity index (χ3n) is 5.85. The van der Waals surface area contributed by atoms with E-state index in [0.717, 1.165) is 34.4 Å². The number of carbonyl (C=O) groups is 1. The Morgan fingerprint density at radius 1 is 0.972 bits per heavy atom. The number of benzene rings is 3. The number of alkyl halides is 3. The number of carbonyl (C=O) groups excluding carboxylic acids is 1. The number of amides is 1. The van der Waals surface area contributed by atoms with Gasteiger partial charge in [-0.05, 0) is 74.7 Å². The van der Waals surface area contributed by atoms with E-state index in [1.807, 2.05) is 32.0 Å². The van der Waals surface area contributed by atoms with Crippen LogP contribution in [0.3, 0.4) is 0 Å². The van der Waals surface area contributed by atoms with Gasteiger partial charge in [0.2, 0.25) is 5.91 Å². The summed E-state index contributed by atoms with van der Waals surface area (Å²) in [6, 6.07) is 13.8. The summed E-state index contributed by atoms with van der Waals surface area (Å²) >= 11 is 5.73. The first-order chi connectivity index (χ1) is 16.7. The van der Waals surface area contributed by atoms with Crippen LogP contribution in [0.15, 0.2) is 65.6 Å². The second kappa shape index (κ2) is 10.5. The number of nitrogens with zero attached hydrogens (tertiary/aromatic N) is 1. The van der Waals surface area contributed by atoms with Crippen LogP contribution in [0.2, 0.25) is 5.02 Å². The molecule has 1 N–H and O–H groups in total. The zero-order valence-electron chi connectivity index (χ0n) is 20.2. The lowest BCUT2D eigenvalue weighted by Crippen LogP contribution is -2.41. The fourth-order valence-corrected chi connectivity index (χ4v) is 5.21. The van der Waals surface area contributed by atoms with Gasteiger partial charge in [-0.15, -0.1) is 0 Å². The maximum absolute atomic E-state index is 13.5. The lowest BCUT2D eigenvalue weighted by atomic mass is 10.0. The topological polar surface area (TPSA) is 66.5 Å². The Bertz CT molecular complexity index is 1370. The van der Waals surface area contributed by atoms with E-state index in [2.05, 4.69) is 5.32 Å². The first-order valence-electron chi connectivity index (χ1n) is 11.0. The SMILES string of the molecule is Cc1ccc(S(=O)(=O)N(CC(=O)NC(C)c2ccc(C)c(C)c2)c2ccc(Cl)c(C(F)(F)F)c2)cc1. The van der Waals surface area contributed by atoms with Crippen molar-refractivity contribution < 1.29 is 26.4 Å². The van der Waals surface area contributed by atoms with E-state index in [0.29, 0.717) is 10.4 Å². The Morgan fingerprint density at radius 2 is 1.61 bits per heavy atom. The average molecular weight is 539 g/mol. The van der Waals surface area contributed by atoms with Crippen LogP contribution in [0.5, 0.6) is 0 Å². The molecule has 0 saturated heterocycles. The van der Waals surface area contributed by atoms with Gasteiger partial charge < -0.3 is 5.32 Å². The van der Waals surface area contributed by atoms with Crippen LogP contribution < -0.4 is 9.62 Å². The highest BCUT2D eigenvalue weighted by Crippen LogP contribution is 2.38. The van der Waals surface area contributed by atoms with E-state index < -0.39 is 45.3 Å². The molecule has 1 unspecified atom stereocenters. The highest BCUT2D eigenvalue weighted by Gasteiger charge is 2.35. The monoisotopic (exact) mass is 538 g/mol. The molecule has 0 aromatic heterocycles. The zero-order valence-corrected chi connectivity index (χ0v) is 21.7. The fraction of sp³-hybridized carbons (Fsp3) is 0.269. The molecule has 3 rings (SSSR count). The molecule has 1 atom stereocenters.